The number of hydrogen-bond donors (Lipinski definition) is 1. The molecule has 6 rings (SSSR count). The van der Waals surface area contributed by atoms with Gasteiger partial charge in [-0.05, 0) is 86.6 Å². The molecule has 40 heavy (non-hydrogen) atoms. The SMILES string of the molecule is Cc1ccc(CNC(=O)c2cn(CCCCc3cc4c(nn3)CC(C3CC3)=C4CCc3ccccc3)nn2)cn1. The minimum atomic E-state index is -0.234. The molecule has 3 heterocycles. The van der Waals surface area contributed by atoms with Crippen LogP contribution in [-0.2, 0) is 32.4 Å². The van der Waals surface area contributed by atoms with Crippen molar-refractivity contribution in [2.24, 2.45) is 5.92 Å². The molecule has 8 heteroatoms. The molecule has 0 radical (unpaired) electrons. The number of nitrogens with one attached hydrogen (secondary N) is 1. The highest BCUT2D eigenvalue weighted by Crippen LogP contribution is 2.47. The lowest BCUT2D eigenvalue weighted by Gasteiger charge is -2.09. The first-order valence-corrected chi connectivity index (χ1v) is 14.3. The van der Waals surface area contributed by atoms with Crippen molar-refractivity contribution in [3.63, 3.8) is 0 Å². The summed E-state index contributed by atoms with van der Waals surface area (Å²) in [4.78, 5) is 16.7. The number of unbranched alkanes of at least 4 members (excludes halogenated alkanes) is 1. The number of allylic oxidation sites excluding steroid dienone is 2. The zero-order chi connectivity index (χ0) is 27.3. The van der Waals surface area contributed by atoms with E-state index in [4.69, 9.17) is 0 Å². The number of amides is 1. The molecule has 204 valence electrons. The highest BCUT2D eigenvalue weighted by molar-refractivity contribution is 5.91. The monoisotopic (exact) mass is 533 g/mol. The molecule has 8 nitrogen and oxygen atoms in total. The molecule has 1 saturated carbocycles. The number of aromatic nitrogens is 6. The lowest BCUT2D eigenvalue weighted by molar-refractivity contribution is 0.0945. The van der Waals surface area contributed by atoms with Crippen LogP contribution in [0.1, 0.15) is 76.4 Å². The van der Waals surface area contributed by atoms with Gasteiger partial charge in [0.15, 0.2) is 5.69 Å². The molecule has 1 fully saturated rings. The summed E-state index contributed by atoms with van der Waals surface area (Å²) < 4.78 is 1.74. The Morgan fingerprint density at radius 2 is 1.85 bits per heavy atom. The van der Waals surface area contributed by atoms with Crippen molar-refractivity contribution in [1.29, 1.82) is 0 Å². The summed E-state index contributed by atoms with van der Waals surface area (Å²) in [6, 6.07) is 16.9. The topological polar surface area (TPSA) is 98.5 Å². The van der Waals surface area contributed by atoms with E-state index < -0.39 is 0 Å². The molecular formula is C32H35N7O. The van der Waals surface area contributed by atoms with Crippen LogP contribution in [0.5, 0.6) is 0 Å². The van der Waals surface area contributed by atoms with Gasteiger partial charge in [0.1, 0.15) is 0 Å². The average molecular weight is 534 g/mol. The second kappa shape index (κ2) is 11.9. The quantitative estimate of drug-likeness (QED) is 0.255. The van der Waals surface area contributed by atoms with Gasteiger partial charge in [-0.3, -0.25) is 14.5 Å². The molecule has 4 aromatic rings. The van der Waals surface area contributed by atoms with E-state index in [0.29, 0.717) is 18.8 Å². The molecule has 0 aliphatic heterocycles. The predicted octanol–water partition coefficient (Wildman–Crippen LogP) is 5.08. The molecule has 2 aliphatic rings. The zero-order valence-corrected chi connectivity index (χ0v) is 23.0. The van der Waals surface area contributed by atoms with E-state index in [9.17, 15) is 4.79 Å². The zero-order valence-electron chi connectivity index (χ0n) is 23.0. The summed E-state index contributed by atoms with van der Waals surface area (Å²) in [5.74, 6) is 0.514. The van der Waals surface area contributed by atoms with Crippen LogP contribution in [0.3, 0.4) is 0 Å². The standard InChI is InChI=1S/C32H35N7O/c1-22-10-11-24(19-33-22)20-34-32(40)31-21-39(38-37-31)16-6-5-9-26-17-29-27(15-12-23-7-3-2-4-8-23)28(25-13-14-25)18-30(29)36-35-26/h2-4,7-8,10-11,17,19,21,25H,5-6,9,12-16,18,20H2,1H3,(H,34,40). The average Bonchev–Trinajstić information content (AvgIpc) is 3.61. The number of carbonyl (C=O) groups is 1. The molecule has 2 aliphatic carbocycles. The third-order valence-electron chi connectivity index (χ3n) is 7.84. The number of nitrogens with zero attached hydrogens (tertiary/aromatic N) is 6. The van der Waals surface area contributed by atoms with E-state index in [1.54, 1.807) is 22.6 Å². The van der Waals surface area contributed by atoms with Gasteiger partial charge in [-0.2, -0.15) is 10.2 Å². The molecule has 0 unspecified atom stereocenters. The lowest BCUT2D eigenvalue weighted by Crippen LogP contribution is -2.23. The second-order valence-corrected chi connectivity index (χ2v) is 11.0. The summed E-state index contributed by atoms with van der Waals surface area (Å²) in [6.07, 6.45) is 12.0. The Morgan fingerprint density at radius 3 is 2.65 bits per heavy atom. The van der Waals surface area contributed by atoms with Crippen molar-refractivity contribution in [2.45, 2.75) is 71.4 Å². The maximum absolute atomic E-state index is 12.5. The number of aryl methyl sites for hydroxylation is 4. The molecule has 0 bridgehead atoms. The van der Waals surface area contributed by atoms with Gasteiger partial charge in [-0.25, -0.2) is 0 Å². The summed E-state index contributed by atoms with van der Waals surface area (Å²) in [7, 11) is 0. The van der Waals surface area contributed by atoms with Gasteiger partial charge in [-0.15, -0.1) is 5.10 Å². The van der Waals surface area contributed by atoms with Crippen molar-refractivity contribution in [3.05, 3.63) is 106 Å². The van der Waals surface area contributed by atoms with Gasteiger partial charge in [0.25, 0.3) is 5.91 Å². The molecule has 1 N–H and O–H groups in total. The fourth-order valence-electron chi connectivity index (χ4n) is 5.43. The Hall–Kier alpha value is -4.20. The second-order valence-electron chi connectivity index (χ2n) is 11.0. The van der Waals surface area contributed by atoms with Gasteiger partial charge in [0, 0.05) is 37.0 Å². The third kappa shape index (κ3) is 6.33. The number of hydrogen-bond acceptors (Lipinski definition) is 6. The van der Waals surface area contributed by atoms with Gasteiger partial charge in [-0.1, -0.05) is 47.2 Å². The first-order valence-electron chi connectivity index (χ1n) is 14.3. The van der Waals surface area contributed by atoms with E-state index in [2.05, 4.69) is 67.2 Å². The third-order valence-corrected chi connectivity index (χ3v) is 7.84. The van der Waals surface area contributed by atoms with Crippen molar-refractivity contribution < 1.29 is 4.79 Å². The Kier molecular flexibility index (Phi) is 7.75. The Balaban J connectivity index is 1.00. The molecule has 0 spiro atoms. The fraction of sp³-hybridized carbons (Fsp3) is 0.375. The van der Waals surface area contributed by atoms with Crippen LogP contribution < -0.4 is 5.32 Å². The number of rotatable bonds is 12. The molecule has 1 amide bonds. The number of benzene rings is 1. The van der Waals surface area contributed by atoms with Crippen LogP contribution in [0.15, 0.2) is 66.5 Å². The highest BCUT2D eigenvalue weighted by atomic mass is 16.2. The van der Waals surface area contributed by atoms with Crippen LogP contribution in [0.4, 0.5) is 0 Å². The summed E-state index contributed by atoms with van der Waals surface area (Å²) in [5.41, 5.74) is 10.3. The van der Waals surface area contributed by atoms with Crippen molar-refractivity contribution >= 4 is 11.5 Å². The van der Waals surface area contributed by atoms with E-state index >= 15 is 0 Å². The maximum atomic E-state index is 12.5. The minimum absolute atomic E-state index is 0.234. The van der Waals surface area contributed by atoms with Crippen molar-refractivity contribution in [3.8, 4) is 0 Å². The van der Waals surface area contributed by atoms with Crippen molar-refractivity contribution in [2.75, 3.05) is 0 Å². The summed E-state index contributed by atoms with van der Waals surface area (Å²) in [5, 5.41) is 20.3. The van der Waals surface area contributed by atoms with Gasteiger partial charge in [0.2, 0.25) is 0 Å². The minimum Gasteiger partial charge on any atom is -0.346 e. The van der Waals surface area contributed by atoms with E-state index in [1.165, 1.54) is 29.5 Å². The fourth-order valence-corrected chi connectivity index (χ4v) is 5.43. The number of carbonyl (C=O) groups excluding carboxylic acids is 1. The Morgan fingerprint density at radius 1 is 0.975 bits per heavy atom. The van der Waals surface area contributed by atoms with Crippen LogP contribution in [-0.4, -0.2) is 36.1 Å². The number of pyridine rings is 1. The normalized spacial score (nSPS) is 14.4. The molecule has 1 aromatic carbocycles. The molecule has 0 atom stereocenters. The molecular weight excluding hydrogens is 498 g/mol. The van der Waals surface area contributed by atoms with Gasteiger partial charge in [0.05, 0.1) is 17.6 Å². The van der Waals surface area contributed by atoms with Crippen LogP contribution in [0.2, 0.25) is 0 Å². The highest BCUT2D eigenvalue weighted by Gasteiger charge is 2.34. The Labute approximate surface area is 235 Å². The van der Waals surface area contributed by atoms with E-state index in [0.717, 1.165) is 67.1 Å². The van der Waals surface area contributed by atoms with E-state index in [1.807, 2.05) is 19.1 Å². The van der Waals surface area contributed by atoms with Gasteiger partial charge < -0.3 is 5.32 Å². The van der Waals surface area contributed by atoms with Gasteiger partial charge >= 0.3 is 0 Å². The summed E-state index contributed by atoms with van der Waals surface area (Å²) in [6.45, 7) is 3.05. The molecule has 3 aromatic heterocycles. The van der Waals surface area contributed by atoms with Crippen LogP contribution in [0, 0.1) is 12.8 Å². The largest absolute Gasteiger partial charge is 0.346 e. The van der Waals surface area contributed by atoms with Crippen LogP contribution in [0.25, 0.3) is 5.57 Å². The van der Waals surface area contributed by atoms with E-state index in [-0.39, 0.29) is 5.91 Å². The summed E-state index contributed by atoms with van der Waals surface area (Å²) >= 11 is 0. The molecule has 0 saturated heterocycles. The van der Waals surface area contributed by atoms with Crippen molar-refractivity contribution in [1.82, 2.24) is 35.5 Å². The first-order chi connectivity index (χ1) is 19.6. The number of fused-ring (bicyclic) bond motifs is 1. The first kappa shape index (κ1) is 26.0. The Bertz CT molecular complexity index is 1500. The van der Waals surface area contributed by atoms with Crippen LogP contribution >= 0.6 is 0 Å². The lowest BCUT2D eigenvalue weighted by atomic mass is 9.96. The smallest absolute Gasteiger partial charge is 0.273 e. The maximum Gasteiger partial charge on any atom is 0.273 e. The predicted molar refractivity (Wildman–Crippen MR) is 153 cm³/mol.